The van der Waals surface area contributed by atoms with Crippen molar-refractivity contribution in [3.63, 3.8) is 0 Å². The van der Waals surface area contributed by atoms with Crippen molar-refractivity contribution in [1.29, 1.82) is 0 Å². The van der Waals surface area contributed by atoms with Gasteiger partial charge >= 0.3 is 0 Å². The topological polar surface area (TPSA) is 29.3 Å². The van der Waals surface area contributed by atoms with Gasteiger partial charge in [-0.05, 0) is 30.9 Å². The monoisotopic (exact) mass is 190 g/mol. The van der Waals surface area contributed by atoms with Gasteiger partial charge in [0, 0.05) is 25.3 Å². The number of nitrogens with two attached hydrogens (primary N) is 1. The van der Waals surface area contributed by atoms with Crippen molar-refractivity contribution in [1.82, 2.24) is 0 Å². The molecule has 2 rings (SSSR count). The quantitative estimate of drug-likeness (QED) is 0.773. The van der Waals surface area contributed by atoms with Crippen molar-refractivity contribution < 1.29 is 0 Å². The van der Waals surface area contributed by atoms with Crippen LogP contribution in [-0.4, -0.2) is 13.1 Å². The van der Waals surface area contributed by atoms with Gasteiger partial charge in [0.15, 0.2) is 0 Å². The van der Waals surface area contributed by atoms with Crippen LogP contribution in [0.5, 0.6) is 0 Å². The Hall–Kier alpha value is -1.02. The van der Waals surface area contributed by atoms with Gasteiger partial charge in [0.25, 0.3) is 0 Å². The first-order chi connectivity index (χ1) is 6.83. The van der Waals surface area contributed by atoms with E-state index in [4.69, 9.17) is 5.73 Å². The number of rotatable bonds is 2. The third-order valence-corrected chi connectivity index (χ3v) is 2.96. The zero-order valence-electron chi connectivity index (χ0n) is 8.79. The third-order valence-electron chi connectivity index (χ3n) is 2.96. The summed E-state index contributed by atoms with van der Waals surface area (Å²) >= 11 is 0. The lowest BCUT2D eigenvalue weighted by molar-refractivity contribution is 0.932. The minimum absolute atomic E-state index is 0.646. The molecule has 1 aromatic rings. The minimum Gasteiger partial charge on any atom is -0.371 e. The van der Waals surface area contributed by atoms with Gasteiger partial charge in [-0.3, -0.25) is 0 Å². The lowest BCUT2D eigenvalue weighted by Crippen LogP contribution is -2.21. The second-order valence-corrected chi connectivity index (χ2v) is 3.98. The van der Waals surface area contributed by atoms with Crippen molar-refractivity contribution in [2.75, 3.05) is 18.0 Å². The predicted molar refractivity (Wildman–Crippen MR) is 60.5 cm³/mol. The van der Waals surface area contributed by atoms with Crippen molar-refractivity contribution in [2.24, 2.45) is 5.73 Å². The molecule has 0 unspecified atom stereocenters. The molecule has 0 aliphatic carbocycles. The standard InChI is InChI=1S/C12H18N2/c1-10-5-4-6-11(9-13)12(10)14-7-2-3-8-14/h4-6H,2-3,7-9,13H2,1H3. The van der Waals surface area contributed by atoms with Gasteiger partial charge in [0.05, 0.1) is 0 Å². The van der Waals surface area contributed by atoms with Crippen molar-refractivity contribution in [2.45, 2.75) is 26.3 Å². The number of anilines is 1. The first-order valence-electron chi connectivity index (χ1n) is 5.36. The summed E-state index contributed by atoms with van der Waals surface area (Å²) in [5.74, 6) is 0. The molecule has 0 spiro atoms. The molecular formula is C12H18N2. The molecule has 0 radical (unpaired) electrons. The minimum atomic E-state index is 0.646. The maximum atomic E-state index is 5.76. The fraction of sp³-hybridized carbons (Fsp3) is 0.500. The zero-order valence-corrected chi connectivity index (χ0v) is 8.79. The number of benzene rings is 1. The van der Waals surface area contributed by atoms with Crippen molar-refractivity contribution >= 4 is 5.69 Å². The second-order valence-electron chi connectivity index (χ2n) is 3.98. The average molecular weight is 190 g/mol. The van der Waals surface area contributed by atoms with E-state index in [2.05, 4.69) is 30.0 Å². The van der Waals surface area contributed by atoms with Crippen LogP contribution in [0.25, 0.3) is 0 Å². The molecular weight excluding hydrogens is 172 g/mol. The maximum absolute atomic E-state index is 5.76. The van der Waals surface area contributed by atoms with Crippen LogP contribution in [0.4, 0.5) is 5.69 Å². The highest BCUT2D eigenvalue weighted by Gasteiger charge is 2.16. The van der Waals surface area contributed by atoms with Crippen molar-refractivity contribution in [3.8, 4) is 0 Å². The Balaban J connectivity index is 2.37. The number of hydrogen-bond acceptors (Lipinski definition) is 2. The van der Waals surface area contributed by atoms with Crippen LogP contribution in [0.2, 0.25) is 0 Å². The molecule has 0 amide bonds. The Morgan fingerprint density at radius 2 is 2.00 bits per heavy atom. The largest absolute Gasteiger partial charge is 0.371 e. The maximum Gasteiger partial charge on any atom is 0.0441 e. The molecule has 1 aliphatic rings. The molecule has 0 saturated carbocycles. The van der Waals surface area contributed by atoms with E-state index in [1.165, 1.54) is 42.7 Å². The van der Waals surface area contributed by atoms with Gasteiger partial charge < -0.3 is 10.6 Å². The summed E-state index contributed by atoms with van der Waals surface area (Å²) in [5, 5.41) is 0. The van der Waals surface area contributed by atoms with E-state index < -0.39 is 0 Å². The normalized spacial score (nSPS) is 16.3. The highest BCUT2D eigenvalue weighted by Crippen LogP contribution is 2.27. The Morgan fingerprint density at radius 3 is 2.64 bits per heavy atom. The van der Waals surface area contributed by atoms with E-state index in [0.717, 1.165) is 0 Å². The molecule has 1 aromatic carbocycles. The zero-order chi connectivity index (χ0) is 9.97. The summed E-state index contributed by atoms with van der Waals surface area (Å²) in [4.78, 5) is 2.47. The Bertz CT molecular complexity index is 314. The molecule has 2 N–H and O–H groups in total. The first-order valence-corrected chi connectivity index (χ1v) is 5.36. The summed E-state index contributed by atoms with van der Waals surface area (Å²) in [5.41, 5.74) is 9.78. The predicted octanol–water partition coefficient (Wildman–Crippen LogP) is 2.05. The Labute approximate surface area is 85.7 Å². The van der Waals surface area contributed by atoms with Crippen LogP contribution in [0.1, 0.15) is 24.0 Å². The van der Waals surface area contributed by atoms with Gasteiger partial charge in [-0.1, -0.05) is 18.2 Å². The van der Waals surface area contributed by atoms with E-state index in [9.17, 15) is 0 Å². The third kappa shape index (κ3) is 1.62. The van der Waals surface area contributed by atoms with Crippen molar-refractivity contribution in [3.05, 3.63) is 29.3 Å². The molecule has 1 heterocycles. The molecule has 0 atom stereocenters. The van der Waals surface area contributed by atoms with Gasteiger partial charge in [-0.25, -0.2) is 0 Å². The summed E-state index contributed by atoms with van der Waals surface area (Å²) in [7, 11) is 0. The SMILES string of the molecule is Cc1cccc(CN)c1N1CCCC1. The number of nitrogens with zero attached hydrogens (tertiary/aromatic N) is 1. The second kappa shape index (κ2) is 4.01. The Morgan fingerprint density at radius 1 is 1.29 bits per heavy atom. The molecule has 14 heavy (non-hydrogen) atoms. The summed E-state index contributed by atoms with van der Waals surface area (Å²) in [6, 6.07) is 6.41. The fourth-order valence-electron chi connectivity index (χ4n) is 2.28. The lowest BCUT2D eigenvalue weighted by Gasteiger charge is -2.23. The Kier molecular flexibility index (Phi) is 2.73. The highest BCUT2D eigenvalue weighted by molar-refractivity contribution is 5.59. The lowest BCUT2D eigenvalue weighted by atomic mass is 10.1. The summed E-state index contributed by atoms with van der Waals surface area (Å²) in [6.45, 7) is 5.20. The molecule has 0 bridgehead atoms. The smallest absolute Gasteiger partial charge is 0.0441 e. The molecule has 2 heteroatoms. The van der Waals surface area contributed by atoms with Gasteiger partial charge in [0.2, 0.25) is 0 Å². The van der Waals surface area contributed by atoms with Crippen LogP contribution >= 0.6 is 0 Å². The van der Waals surface area contributed by atoms with E-state index in [1.54, 1.807) is 0 Å². The van der Waals surface area contributed by atoms with E-state index in [-0.39, 0.29) is 0 Å². The molecule has 0 aromatic heterocycles. The first kappa shape index (κ1) is 9.53. The van der Waals surface area contributed by atoms with Gasteiger partial charge in [-0.15, -0.1) is 0 Å². The fourth-order valence-corrected chi connectivity index (χ4v) is 2.28. The molecule has 1 saturated heterocycles. The molecule has 1 fully saturated rings. The average Bonchev–Trinajstić information content (AvgIpc) is 2.70. The van der Waals surface area contributed by atoms with Crippen LogP contribution in [-0.2, 0) is 6.54 Å². The number of aryl methyl sites for hydroxylation is 1. The van der Waals surface area contributed by atoms with Gasteiger partial charge in [-0.2, -0.15) is 0 Å². The molecule has 1 aliphatic heterocycles. The summed E-state index contributed by atoms with van der Waals surface area (Å²) < 4.78 is 0. The van der Waals surface area contributed by atoms with Gasteiger partial charge in [0.1, 0.15) is 0 Å². The number of para-hydroxylation sites is 1. The highest BCUT2D eigenvalue weighted by atomic mass is 15.1. The van der Waals surface area contributed by atoms with E-state index in [1.807, 2.05) is 0 Å². The van der Waals surface area contributed by atoms with Crippen LogP contribution in [0.15, 0.2) is 18.2 Å². The van der Waals surface area contributed by atoms with Crippen LogP contribution < -0.4 is 10.6 Å². The summed E-state index contributed by atoms with van der Waals surface area (Å²) in [6.07, 6.45) is 2.64. The van der Waals surface area contributed by atoms with Crippen LogP contribution in [0.3, 0.4) is 0 Å². The molecule has 76 valence electrons. The molecule has 2 nitrogen and oxygen atoms in total. The number of hydrogen-bond donors (Lipinski definition) is 1. The van der Waals surface area contributed by atoms with E-state index >= 15 is 0 Å². The van der Waals surface area contributed by atoms with Crippen LogP contribution in [0, 0.1) is 6.92 Å². The van der Waals surface area contributed by atoms with E-state index in [0.29, 0.717) is 6.54 Å².